The second-order valence-corrected chi connectivity index (χ2v) is 6.56. The van der Waals surface area contributed by atoms with Gasteiger partial charge in [-0.05, 0) is 29.3 Å². The molecule has 7 heteroatoms. The maximum atomic E-state index is 12.4. The standard InChI is InChI=1S/C17H19F2N3S.ClH/c18-17(19)23-15-5-3-13(4-6-15)12-22-9-8-21-11-16(22)14-2-1-7-20-10-14;/h1-7,10,16-17,21H,8-9,11-12H2;1H. The van der Waals surface area contributed by atoms with Crippen LogP contribution in [0.4, 0.5) is 8.78 Å². The second-order valence-electron chi connectivity index (χ2n) is 5.50. The highest BCUT2D eigenvalue weighted by Crippen LogP contribution is 2.27. The van der Waals surface area contributed by atoms with Gasteiger partial charge in [-0.25, -0.2) is 0 Å². The molecule has 1 aromatic heterocycles. The van der Waals surface area contributed by atoms with E-state index in [1.807, 2.05) is 24.4 Å². The molecule has 0 radical (unpaired) electrons. The van der Waals surface area contributed by atoms with Gasteiger partial charge in [0.15, 0.2) is 0 Å². The Labute approximate surface area is 151 Å². The quantitative estimate of drug-likeness (QED) is 0.805. The van der Waals surface area contributed by atoms with Crippen molar-refractivity contribution in [1.29, 1.82) is 0 Å². The van der Waals surface area contributed by atoms with Crippen LogP contribution in [0.5, 0.6) is 0 Å². The molecule has 0 bridgehead atoms. The lowest BCUT2D eigenvalue weighted by molar-refractivity contribution is 0.153. The molecule has 2 aromatic rings. The van der Waals surface area contributed by atoms with E-state index < -0.39 is 5.76 Å². The van der Waals surface area contributed by atoms with E-state index in [-0.39, 0.29) is 18.4 Å². The predicted molar refractivity (Wildman–Crippen MR) is 95.8 cm³/mol. The molecule has 1 aliphatic rings. The number of rotatable bonds is 5. The molecule has 3 rings (SSSR count). The van der Waals surface area contributed by atoms with Crippen LogP contribution < -0.4 is 5.32 Å². The summed E-state index contributed by atoms with van der Waals surface area (Å²) in [6, 6.07) is 11.8. The lowest BCUT2D eigenvalue weighted by atomic mass is 10.0. The van der Waals surface area contributed by atoms with E-state index in [0.29, 0.717) is 16.7 Å². The molecule has 1 N–H and O–H groups in total. The van der Waals surface area contributed by atoms with Gasteiger partial charge < -0.3 is 5.32 Å². The van der Waals surface area contributed by atoms with E-state index in [0.717, 1.165) is 31.7 Å². The minimum atomic E-state index is -2.37. The fourth-order valence-corrected chi connectivity index (χ4v) is 3.35. The van der Waals surface area contributed by atoms with Crippen LogP contribution in [-0.4, -0.2) is 35.3 Å². The molecular weight excluding hydrogens is 352 g/mol. The molecule has 1 saturated heterocycles. The highest BCUT2D eigenvalue weighted by atomic mass is 35.5. The van der Waals surface area contributed by atoms with Crippen molar-refractivity contribution in [3.05, 3.63) is 59.9 Å². The molecule has 1 unspecified atom stereocenters. The van der Waals surface area contributed by atoms with Gasteiger partial charge in [-0.3, -0.25) is 9.88 Å². The zero-order valence-electron chi connectivity index (χ0n) is 13.1. The first-order valence-corrected chi connectivity index (χ1v) is 8.49. The third kappa shape index (κ3) is 5.14. The van der Waals surface area contributed by atoms with Crippen LogP contribution in [0, 0.1) is 0 Å². The average Bonchev–Trinajstić information content (AvgIpc) is 2.57. The fraction of sp³-hybridized carbons (Fsp3) is 0.353. The Bertz CT molecular complexity index is 613. The van der Waals surface area contributed by atoms with Gasteiger partial charge in [0.2, 0.25) is 0 Å². The van der Waals surface area contributed by atoms with Crippen LogP contribution in [-0.2, 0) is 6.54 Å². The van der Waals surface area contributed by atoms with Gasteiger partial charge in [0.05, 0.1) is 0 Å². The van der Waals surface area contributed by atoms with Crippen molar-refractivity contribution in [2.24, 2.45) is 0 Å². The van der Waals surface area contributed by atoms with E-state index in [4.69, 9.17) is 0 Å². The van der Waals surface area contributed by atoms with E-state index in [9.17, 15) is 8.78 Å². The predicted octanol–water partition coefficient (Wildman–Crippen LogP) is 3.96. The van der Waals surface area contributed by atoms with Crippen LogP contribution in [0.1, 0.15) is 17.2 Å². The molecular formula is C17H20ClF2N3S. The summed E-state index contributed by atoms with van der Waals surface area (Å²) in [5.74, 6) is -2.37. The molecule has 1 fully saturated rings. The monoisotopic (exact) mass is 371 g/mol. The van der Waals surface area contributed by atoms with Crippen LogP contribution in [0.2, 0.25) is 0 Å². The minimum Gasteiger partial charge on any atom is -0.314 e. The summed E-state index contributed by atoms with van der Waals surface area (Å²) in [6.45, 7) is 3.61. The number of benzene rings is 1. The van der Waals surface area contributed by atoms with E-state index in [2.05, 4.69) is 21.3 Å². The van der Waals surface area contributed by atoms with Gasteiger partial charge >= 0.3 is 0 Å². The maximum absolute atomic E-state index is 12.4. The summed E-state index contributed by atoms with van der Waals surface area (Å²) in [7, 11) is 0. The fourth-order valence-electron chi connectivity index (χ4n) is 2.85. The molecule has 1 atom stereocenters. The number of hydrogen-bond donors (Lipinski definition) is 1. The summed E-state index contributed by atoms with van der Waals surface area (Å²) in [6.07, 6.45) is 3.69. The van der Waals surface area contributed by atoms with Gasteiger partial charge in [-0.1, -0.05) is 30.0 Å². The molecule has 0 spiro atoms. The summed E-state index contributed by atoms with van der Waals surface area (Å²) in [5.41, 5.74) is 2.34. The van der Waals surface area contributed by atoms with Crippen molar-refractivity contribution in [1.82, 2.24) is 15.2 Å². The van der Waals surface area contributed by atoms with Crippen LogP contribution in [0.25, 0.3) is 0 Å². The molecule has 1 aliphatic heterocycles. The first-order valence-electron chi connectivity index (χ1n) is 7.61. The normalized spacial score (nSPS) is 18.4. The molecule has 2 heterocycles. The Morgan fingerprint density at radius 2 is 2.04 bits per heavy atom. The molecule has 1 aromatic carbocycles. The van der Waals surface area contributed by atoms with Crippen molar-refractivity contribution in [3.63, 3.8) is 0 Å². The minimum absolute atomic E-state index is 0. The Kier molecular flexibility index (Phi) is 7.42. The van der Waals surface area contributed by atoms with Crippen molar-refractivity contribution in [2.45, 2.75) is 23.2 Å². The molecule has 130 valence electrons. The number of thioether (sulfide) groups is 1. The number of halogens is 3. The summed E-state index contributed by atoms with van der Waals surface area (Å²) >= 11 is 0.585. The van der Waals surface area contributed by atoms with Crippen LogP contribution >= 0.6 is 24.2 Å². The Balaban J connectivity index is 0.00000208. The average molecular weight is 372 g/mol. The highest BCUT2D eigenvalue weighted by Gasteiger charge is 2.23. The summed E-state index contributed by atoms with van der Waals surface area (Å²) in [5, 5.41) is 3.42. The largest absolute Gasteiger partial charge is 0.314 e. The highest BCUT2D eigenvalue weighted by molar-refractivity contribution is 7.99. The molecule has 0 aliphatic carbocycles. The van der Waals surface area contributed by atoms with Gasteiger partial charge in [0.1, 0.15) is 0 Å². The zero-order chi connectivity index (χ0) is 16.1. The first-order chi connectivity index (χ1) is 11.2. The number of hydrogen-bond acceptors (Lipinski definition) is 4. The van der Waals surface area contributed by atoms with E-state index in [1.54, 1.807) is 18.3 Å². The maximum Gasteiger partial charge on any atom is 0.288 e. The van der Waals surface area contributed by atoms with E-state index in [1.165, 1.54) is 5.56 Å². The third-order valence-electron chi connectivity index (χ3n) is 3.96. The van der Waals surface area contributed by atoms with Crippen molar-refractivity contribution >= 4 is 24.2 Å². The number of piperazine rings is 1. The van der Waals surface area contributed by atoms with Crippen LogP contribution in [0.15, 0.2) is 53.7 Å². The number of nitrogens with one attached hydrogen (secondary N) is 1. The molecule has 0 amide bonds. The van der Waals surface area contributed by atoms with Gasteiger partial charge in [-0.15, -0.1) is 12.4 Å². The number of alkyl halides is 2. The third-order valence-corrected chi connectivity index (χ3v) is 4.68. The Hall–Kier alpha value is -1.21. The lowest BCUT2D eigenvalue weighted by Gasteiger charge is -2.36. The SMILES string of the molecule is Cl.FC(F)Sc1ccc(CN2CCNCC2c2cccnc2)cc1. The summed E-state index contributed by atoms with van der Waals surface area (Å²) in [4.78, 5) is 7.22. The topological polar surface area (TPSA) is 28.2 Å². The zero-order valence-corrected chi connectivity index (χ0v) is 14.7. The first kappa shape index (κ1) is 19.1. The Morgan fingerprint density at radius 1 is 1.25 bits per heavy atom. The smallest absolute Gasteiger partial charge is 0.288 e. The van der Waals surface area contributed by atoms with Crippen LogP contribution in [0.3, 0.4) is 0 Å². The molecule has 24 heavy (non-hydrogen) atoms. The van der Waals surface area contributed by atoms with Crippen molar-refractivity contribution < 1.29 is 8.78 Å². The molecule has 3 nitrogen and oxygen atoms in total. The second kappa shape index (κ2) is 9.32. The van der Waals surface area contributed by atoms with Gasteiger partial charge in [0.25, 0.3) is 5.76 Å². The number of nitrogens with zero attached hydrogens (tertiary/aromatic N) is 2. The number of pyridine rings is 1. The van der Waals surface area contributed by atoms with Gasteiger partial charge in [0, 0.05) is 49.5 Å². The van der Waals surface area contributed by atoms with Crippen molar-refractivity contribution in [2.75, 3.05) is 19.6 Å². The lowest BCUT2D eigenvalue weighted by Crippen LogP contribution is -2.45. The van der Waals surface area contributed by atoms with Gasteiger partial charge in [-0.2, -0.15) is 8.78 Å². The summed E-state index contributed by atoms with van der Waals surface area (Å²) < 4.78 is 24.7. The number of aromatic nitrogens is 1. The van der Waals surface area contributed by atoms with E-state index >= 15 is 0 Å². The molecule has 0 saturated carbocycles. The Morgan fingerprint density at radius 3 is 2.71 bits per heavy atom. The van der Waals surface area contributed by atoms with Crippen molar-refractivity contribution in [3.8, 4) is 0 Å².